The van der Waals surface area contributed by atoms with E-state index in [4.69, 9.17) is 0 Å². The van der Waals surface area contributed by atoms with E-state index in [0.717, 1.165) is 0 Å². The first-order chi connectivity index (χ1) is 7.19. The van der Waals surface area contributed by atoms with Gasteiger partial charge in [-0.2, -0.15) is 0 Å². The quantitative estimate of drug-likeness (QED) is 0.701. The fraction of sp³-hybridized carbons (Fsp3) is 0.909. The van der Waals surface area contributed by atoms with Gasteiger partial charge < -0.3 is 10.6 Å². The Labute approximate surface area is 92.4 Å². The van der Waals surface area contributed by atoms with E-state index < -0.39 is 0 Å². The molecule has 0 saturated heterocycles. The Hall–Kier alpha value is -0.610. The molecule has 0 bridgehead atoms. The molecular formula is C11H23N3O. The first-order valence-electron chi connectivity index (χ1n) is 5.77. The zero-order valence-electron chi connectivity index (χ0n) is 10.0. The van der Waals surface area contributed by atoms with Crippen LogP contribution in [0.2, 0.25) is 0 Å². The van der Waals surface area contributed by atoms with Crippen molar-refractivity contribution in [3.63, 3.8) is 0 Å². The predicted octanol–water partition coefficient (Wildman–Crippen LogP) is 0.195. The van der Waals surface area contributed by atoms with Crippen LogP contribution >= 0.6 is 0 Å². The van der Waals surface area contributed by atoms with Crippen LogP contribution in [0, 0.1) is 0 Å². The van der Waals surface area contributed by atoms with Crippen LogP contribution in [0.4, 0.5) is 0 Å². The third kappa shape index (κ3) is 3.47. The summed E-state index contributed by atoms with van der Waals surface area (Å²) in [7, 11) is 5.74. The molecule has 1 amide bonds. The number of hydrogen-bond acceptors (Lipinski definition) is 3. The second-order valence-corrected chi connectivity index (χ2v) is 4.34. The summed E-state index contributed by atoms with van der Waals surface area (Å²) >= 11 is 0. The zero-order valence-corrected chi connectivity index (χ0v) is 10.0. The number of likely N-dealkylation sites (N-methyl/N-ethyl adjacent to an activating group) is 3. The molecular weight excluding hydrogens is 190 g/mol. The number of nitrogens with one attached hydrogen (secondary N) is 2. The molecule has 15 heavy (non-hydrogen) atoms. The van der Waals surface area contributed by atoms with E-state index in [1.165, 1.54) is 25.7 Å². The minimum Gasteiger partial charge on any atom is -0.358 e. The summed E-state index contributed by atoms with van der Waals surface area (Å²) in [6.07, 6.45) is 5.00. The highest BCUT2D eigenvalue weighted by molar-refractivity contribution is 5.77. The highest BCUT2D eigenvalue weighted by atomic mass is 16.1. The lowest BCUT2D eigenvalue weighted by atomic mass is 9.89. The maximum absolute atomic E-state index is 11.3. The fourth-order valence-corrected chi connectivity index (χ4v) is 2.40. The van der Waals surface area contributed by atoms with Crippen molar-refractivity contribution in [1.29, 1.82) is 0 Å². The molecule has 2 N–H and O–H groups in total. The number of carbonyl (C=O) groups excluding carboxylic acids is 1. The number of carbonyl (C=O) groups is 1. The first kappa shape index (κ1) is 12.5. The molecule has 0 aliphatic heterocycles. The minimum atomic E-state index is 0.0953. The summed E-state index contributed by atoms with van der Waals surface area (Å²) in [5.74, 6) is 0.0953. The lowest BCUT2D eigenvalue weighted by molar-refractivity contribution is -0.122. The molecule has 1 rings (SSSR count). The molecule has 0 aromatic carbocycles. The molecule has 0 aromatic heterocycles. The van der Waals surface area contributed by atoms with Gasteiger partial charge in [0.05, 0.1) is 6.54 Å². The van der Waals surface area contributed by atoms with Crippen molar-refractivity contribution in [3.8, 4) is 0 Å². The monoisotopic (exact) mass is 213 g/mol. The SMILES string of the molecule is CNC(=O)CN(C)[C@H]1CCCC[C@@H]1NC. The first-order valence-corrected chi connectivity index (χ1v) is 5.77. The van der Waals surface area contributed by atoms with Crippen LogP contribution in [-0.2, 0) is 4.79 Å². The van der Waals surface area contributed by atoms with Gasteiger partial charge in [-0.3, -0.25) is 9.69 Å². The molecule has 0 spiro atoms. The van der Waals surface area contributed by atoms with E-state index in [-0.39, 0.29) is 5.91 Å². The van der Waals surface area contributed by atoms with E-state index in [1.807, 2.05) is 14.1 Å². The van der Waals surface area contributed by atoms with Crippen molar-refractivity contribution in [1.82, 2.24) is 15.5 Å². The van der Waals surface area contributed by atoms with Gasteiger partial charge >= 0.3 is 0 Å². The molecule has 2 atom stereocenters. The van der Waals surface area contributed by atoms with Crippen LogP contribution in [0.15, 0.2) is 0 Å². The van der Waals surface area contributed by atoms with Crippen molar-refractivity contribution < 1.29 is 4.79 Å². The third-order valence-corrected chi connectivity index (χ3v) is 3.34. The Morgan fingerprint density at radius 3 is 2.60 bits per heavy atom. The summed E-state index contributed by atoms with van der Waals surface area (Å²) in [6.45, 7) is 0.499. The molecule has 0 heterocycles. The predicted molar refractivity (Wildman–Crippen MR) is 61.8 cm³/mol. The molecule has 0 radical (unpaired) electrons. The second kappa shape index (κ2) is 6.08. The highest BCUT2D eigenvalue weighted by Crippen LogP contribution is 2.21. The van der Waals surface area contributed by atoms with Gasteiger partial charge in [0.25, 0.3) is 0 Å². The van der Waals surface area contributed by atoms with Crippen LogP contribution < -0.4 is 10.6 Å². The summed E-state index contributed by atoms with van der Waals surface area (Å²) in [4.78, 5) is 13.5. The van der Waals surface area contributed by atoms with Crippen molar-refractivity contribution in [2.24, 2.45) is 0 Å². The van der Waals surface area contributed by atoms with Crippen LogP contribution in [0.1, 0.15) is 25.7 Å². The maximum Gasteiger partial charge on any atom is 0.233 e. The number of hydrogen-bond donors (Lipinski definition) is 2. The van der Waals surface area contributed by atoms with E-state index in [1.54, 1.807) is 7.05 Å². The van der Waals surface area contributed by atoms with E-state index in [2.05, 4.69) is 15.5 Å². The van der Waals surface area contributed by atoms with Crippen LogP contribution in [0.5, 0.6) is 0 Å². The maximum atomic E-state index is 11.3. The Kier molecular flexibility index (Phi) is 5.05. The molecule has 4 nitrogen and oxygen atoms in total. The Morgan fingerprint density at radius 1 is 1.33 bits per heavy atom. The Balaban J connectivity index is 2.47. The van der Waals surface area contributed by atoms with Crippen molar-refractivity contribution in [2.45, 2.75) is 37.8 Å². The summed E-state index contributed by atoms with van der Waals surface area (Å²) < 4.78 is 0. The van der Waals surface area contributed by atoms with Crippen LogP contribution in [0.25, 0.3) is 0 Å². The molecule has 88 valence electrons. The van der Waals surface area contributed by atoms with Gasteiger partial charge in [-0.25, -0.2) is 0 Å². The Bertz CT molecular complexity index is 208. The zero-order chi connectivity index (χ0) is 11.3. The van der Waals surface area contributed by atoms with Gasteiger partial charge in [0, 0.05) is 19.1 Å². The standard InChI is InChI=1S/C11H23N3O/c1-12-9-6-4-5-7-10(9)14(3)8-11(15)13-2/h9-10,12H,4-8H2,1-3H3,(H,13,15)/t9-,10-/m0/s1. The number of amides is 1. The molecule has 1 aliphatic carbocycles. The van der Waals surface area contributed by atoms with Gasteiger partial charge in [-0.15, -0.1) is 0 Å². The van der Waals surface area contributed by atoms with Gasteiger partial charge in [0.1, 0.15) is 0 Å². The average molecular weight is 213 g/mol. The van der Waals surface area contributed by atoms with Crippen molar-refractivity contribution >= 4 is 5.91 Å². The van der Waals surface area contributed by atoms with E-state index in [9.17, 15) is 4.79 Å². The van der Waals surface area contributed by atoms with Crippen molar-refractivity contribution in [2.75, 3.05) is 27.7 Å². The number of nitrogens with zero attached hydrogens (tertiary/aromatic N) is 1. The summed E-state index contributed by atoms with van der Waals surface area (Å²) in [5, 5.41) is 6.02. The molecule has 1 saturated carbocycles. The Morgan fingerprint density at radius 2 is 2.00 bits per heavy atom. The largest absolute Gasteiger partial charge is 0.358 e. The normalized spacial score (nSPS) is 26.7. The molecule has 1 aliphatic rings. The average Bonchev–Trinajstić information content (AvgIpc) is 2.28. The molecule has 0 unspecified atom stereocenters. The van der Waals surface area contributed by atoms with Crippen LogP contribution in [0.3, 0.4) is 0 Å². The fourth-order valence-electron chi connectivity index (χ4n) is 2.40. The van der Waals surface area contributed by atoms with E-state index >= 15 is 0 Å². The highest BCUT2D eigenvalue weighted by Gasteiger charge is 2.27. The van der Waals surface area contributed by atoms with Gasteiger partial charge in [0.2, 0.25) is 5.91 Å². The molecule has 0 aromatic rings. The van der Waals surface area contributed by atoms with E-state index in [0.29, 0.717) is 18.6 Å². The topological polar surface area (TPSA) is 44.4 Å². The minimum absolute atomic E-state index is 0.0953. The smallest absolute Gasteiger partial charge is 0.233 e. The third-order valence-electron chi connectivity index (χ3n) is 3.34. The lowest BCUT2D eigenvalue weighted by Crippen LogP contribution is -2.51. The lowest BCUT2D eigenvalue weighted by Gasteiger charge is -2.37. The molecule has 1 fully saturated rings. The van der Waals surface area contributed by atoms with Gasteiger partial charge in [-0.05, 0) is 26.9 Å². The number of rotatable bonds is 4. The van der Waals surface area contributed by atoms with Crippen LogP contribution in [-0.4, -0.2) is 50.6 Å². The van der Waals surface area contributed by atoms with Crippen molar-refractivity contribution in [3.05, 3.63) is 0 Å². The second-order valence-electron chi connectivity index (χ2n) is 4.34. The van der Waals surface area contributed by atoms with Gasteiger partial charge in [-0.1, -0.05) is 12.8 Å². The summed E-state index contributed by atoms with van der Waals surface area (Å²) in [6, 6.07) is 1.04. The van der Waals surface area contributed by atoms with Gasteiger partial charge in [0.15, 0.2) is 0 Å². The molecule has 4 heteroatoms. The summed E-state index contributed by atoms with van der Waals surface area (Å²) in [5.41, 5.74) is 0.